The number of carbonyl (C=O) groups is 1. The summed E-state index contributed by atoms with van der Waals surface area (Å²) in [5.74, 6) is 0. The molecule has 1 fully saturated rings. The number of pyridine rings is 1. The van der Waals surface area contributed by atoms with Gasteiger partial charge in [0.2, 0.25) is 0 Å². The molecule has 0 spiro atoms. The average Bonchev–Trinajstić information content (AvgIpc) is 3.41. The van der Waals surface area contributed by atoms with Crippen molar-refractivity contribution in [3.05, 3.63) is 83.4 Å². The van der Waals surface area contributed by atoms with Crippen molar-refractivity contribution < 1.29 is 9.53 Å². The first kappa shape index (κ1) is 21.9. The molecule has 1 atom stereocenters. The fourth-order valence-corrected chi connectivity index (χ4v) is 4.51. The van der Waals surface area contributed by atoms with Crippen molar-refractivity contribution in [2.45, 2.75) is 38.8 Å². The van der Waals surface area contributed by atoms with Crippen LogP contribution in [0.4, 0.5) is 4.79 Å². The Bertz CT molecular complexity index is 1380. The molecule has 4 aromatic rings. The second kappa shape index (κ2) is 8.48. The third kappa shape index (κ3) is 4.09. The van der Waals surface area contributed by atoms with Gasteiger partial charge in [-0.3, -0.25) is 9.13 Å². The van der Waals surface area contributed by atoms with Crippen molar-refractivity contribution >= 4 is 17.3 Å². The van der Waals surface area contributed by atoms with Crippen molar-refractivity contribution in [3.63, 3.8) is 0 Å². The molecular formula is C27H28N4O3. The van der Waals surface area contributed by atoms with E-state index in [1.807, 2.05) is 75.4 Å². The molecule has 2 aromatic heterocycles. The molecule has 5 rings (SSSR count). The fourth-order valence-electron chi connectivity index (χ4n) is 4.51. The monoisotopic (exact) mass is 456 g/mol. The quantitative estimate of drug-likeness (QED) is 0.433. The smallest absolute Gasteiger partial charge is 0.410 e. The predicted molar refractivity (Wildman–Crippen MR) is 132 cm³/mol. The Balaban J connectivity index is 1.50. The molecule has 3 heterocycles. The lowest BCUT2D eigenvalue weighted by atomic mass is 10.1. The summed E-state index contributed by atoms with van der Waals surface area (Å²) in [6.45, 7) is 6.51. The van der Waals surface area contributed by atoms with E-state index in [0.717, 1.165) is 22.3 Å². The Labute approximate surface area is 198 Å². The van der Waals surface area contributed by atoms with Crippen LogP contribution in [-0.4, -0.2) is 43.8 Å². The SMILES string of the molecule is CC(C)(C)OC(=O)N1CC[C@@H](n2c(=O)n(-c3ccc(-c4ccccc4)cc3)c3cccnc32)C1. The summed E-state index contributed by atoms with van der Waals surface area (Å²) in [5, 5.41) is 0. The third-order valence-electron chi connectivity index (χ3n) is 6.05. The summed E-state index contributed by atoms with van der Waals surface area (Å²) < 4.78 is 8.95. The largest absolute Gasteiger partial charge is 0.444 e. The van der Waals surface area contributed by atoms with Crippen molar-refractivity contribution in [2.75, 3.05) is 13.1 Å². The number of fused-ring (bicyclic) bond motifs is 1. The molecule has 174 valence electrons. The minimum Gasteiger partial charge on any atom is -0.444 e. The lowest BCUT2D eigenvalue weighted by Gasteiger charge is -2.24. The van der Waals surface area contributed by atoms with E-state index in [1.54, 1.807) is 20.2 Å². The zero-order valence-corrected chi connectivity index (χ0v) is 19.6. The van der Waals surface area contributed by atoms with Crippen LogP contribution in [0.2, 0.25) is 0 Å². The van der Waals surface area contributed by atoms with Crippen molar-refractivity contribution in [2.24, 2.45) is 0 Å². The van der Waals surface area contributed by atoms with Gasteiger partial charge >= 0.3 is 11.8 Å². The van der Waals surface area contributed by atoms with Crippen LogP contribution in [0.3, 0.4) is 0 Å². The van der Waals surface area contributed by atoms with Gasteiger partial charge in [0, 0.05) is 19.3 Å². The minimum atomic E-state index is -0.560. The molecule has 0 aliphatic carbocycles. The highest BCUT2D eigenvalue weighted by Crippen LogP contribution is 2.27. The summed E-state index contributed by atoms with van der Waals surface area (Å²) >= 11 is 0. The van der Waals surface area contributed by atoms with Crippen molar-refractivity contribution in [3.8, 4) is 16.8 Å². The molecule has 1 aliphatic rings. The van der Waals surface area contributed by atoms with Crippen LogP contribution in [-0.2, 0) is 4.74 Å². The second-order valence-electron chi connectivity index (χ2n) is 9.62. The molecule has 0 bridgehead atoms. The van der Waals surface area contributed by atoms with Gasteiger partial charge in [-0.1, -0.05) is 42.5 Å². The number of ether oxygens (including phenoxy) is 1. The highest BCUT2D eigenvalue weighted by molar-refractivity contribution is 5.75. The van der Waals surface area contributed by atoms with Crippen LogP contribution in [0.15, 0.2) is 77.7 Å². The van der Waals surface area contributed by atoms with Gasteiger partial charge in [-0.25, -0.2) is 14.6 Å². The van der Waals surface area contributed by atoms with Gasteiger partial charge in [-0.15, -0.1) is 0 Å². The predicted octanol–water partition coefficient (Wildman–Crippen LogP) is 5.04. The number of carbonyl (C=O) groups excluding carboxylic acids is 1. The lowest BCUT2D eigenvalue weighted by molar-refractivity contribution is 0.0289. The Hall–Kier alpha value is -3.87. The van der Waals surface area contributed by atoms with Gasteiger partial charge < -0.3 is 9.64 Å². The van der Waals surface area contributed by atoms with Crippen LogP contribution < -0.4 is 5.69 Å². The summed E-state index contributed by atoms with van der Waals surface area (Å²) in [4.78, 5) is 32.4. The van der Waals surface area contributed by atoms with Crippen LogP contribution >= 0.6 is 0 Å². The first-order chi connectivity index (χ1) is 16.3. The first-order valence-corrected chi connectivity index (χ1v) is 11.5. The van der Waals surface area contributed by atoms with Gasteiger partial charge in [0.1, 0.15) is 5.60 Å². The zero-order chi connectivity index (χ0) is 23.9. The average molecular weight is 457 g/mol. The number of imidazole rings is 1. The highest BCUT2D eigenvalue weighted by Gasteiger charge is 2.33. The van der Waals surface area contributed by atoms with E-state index in [0.29, 0.717) is 25.2 Å². The Morgan fingerprint density at radius 1 is 0.971 bits per heavy atom. The van der Waals surface area contributed by atoms with Crippen LogP contribution in [0.25, 0.3) is 28.0 Å². The maximum atomic E-state index is 13.7. The normalized spacial score (nSPS) is 16.2. The summed E-state index contributed by atoms with van der Waals surface area (Å²) in [6, 6.07) is 21.7. The Kier molecular flexibility index (Phi) is 5.48. The maximum Gasteiger partial charge on any atom is 0.410 e. The summed E-state index contributed by atoms with van der Waals surface area (Å²) in [6.07, 6.45) is 2.01. The van der Waals surface area contributed by atoms with E-state index < -0.39 is 5.60 Å². The molecule has 0 radical (unpaired) electrons. The zero-order valence-electron chi connectivity index (χ0n) is 19.6. The number of rotatable bonds is 3. The number of likely N-dealkylation sites (tertiary alicyclic amines) is 1. The van der Waals surface area contributed by atoms with Gasteiger partial charge in [-0.05, 0) is 62.6 Å². The number of aromatic nitrogens is 3. The minimum absolute atomic E-state index is 0.155. The highest BCUT2D eigenvalue weighted by atomic mass is 16.6. The van der Waals surface area contributed by atoms with E-state index in [4.69, 9.17) is 4.74 Å². The second-order valence-corrected chi connectivity index (χ2v) is 9.62. The molecule has 0 saturated carbocycles. The Morgan fingerprint density at radius 2 is 1.68 bits per heavy atom. The van der Waals surface area contributed by atoms with Gasteiger partial charge in [0.05, 0.1) is 17.2 Å². The van der Waals surface area contributed by atoms with E-state index in [-0.39, 0.29) is 17.8 Å². The molecule has 1 saturated heterocycles. The van der Waals surface area contributed by atoms with E-state index in [1.165, 1.54) is 0 Å². The molecule has 0 unspecified atom stereocenters. The van der Waals surface area contributed by atoms with Crippen LogP contribution in [0.5, 0.6) is 0 Å². The first-order valence-electron chi connectivity index (χ1n) is 11.5. The number of hydrogen-bond acceptors (Lipinski definition) is 4. The summed E-state index contributed by atoms with van der Waals surface area (Å²) in [7, 11) is 0. The van der Waals surface area contributed by atoms with Crippen molar-refractivity contribution in [1.82, 2.24) is 19.0 Å². The molecular weight excluding hydrogens is 428 g/mol. The molecule has 34 heavy (non-hydrogen) atoms. The van der Waals surface area contributed by atoms with E-state index >= 15 is 0 Å². The van der Waals surface area contributed by atoms with Gasteiger partial charge in [0.15, 0.2) is 5.65 Å². The molecule has 2 aromatic carbocycles. The maximum absolute atomic E-state index is 13.7. The van der Waals surface area contributed by atoms with Crippen LogP contribution in [0.1, 0.15) is 33.2 Å². The molecule has 1 amide bonds. The molecule has 1 aliphatic heterocycles. The number of nitrogens with zero attached hydrogens (tertiary/aromatic N) is 4. The van der Waals surface area contributed by atoms with Gasteiger partial charge in [-0.2, -0.15) is 0 Å². The topological polar surface area (TPSA) is 69.4 Å². The number of benzene rings is 2. The van der Waals surface area contributed by atoms with Crippen LogP contribution in [0, 0.1) is 0 Å². The lowest BCUT2D eigenvalue weighted by Crippen LogP contribution is -2.36. The molecule has 7 nitrogen and oxygen atoms in total. The van der Waals surface area contributed by atoms with Gasteiger partial charge in [0.25, 0.3) is 0 Å². The van der Waals surface area contributed by atoms with E-state index in [2.05, 4.69) is 17.1 Å². The third-order valence-corrected chi connectivity index (χ3v) is 6.05. The molecule has 0 N–H and O–H groups in total. The summed E-state index contributed by atoms with van der Waals surface area (Å²) in [5.41, 5.74) is 3.64. The standard InChI is InChI=1S/C27H28N4O3/c1-27(2,3)34-26(33)29-17-15-22(18-29)31-24-23(10-7-16-28-24)30(25(31)32)21-13-11-20(12-14-21)19-8-5-4-6-9-19/h4-14,16,22H,15,17-18H2,1-3H3/t22-/m1/s1. The molecule has 7 heteroatoms. The fraction of sp³-hybridized carbons (Fsp3) is 0.296. The Morgan fingerprint density at radius 3 is 2.38 bits per heavy atom. The van der Waals surface area contributed by atoms with Crippen molar-refractivity contribution in [1.29, 1.82) is 0 Å². The number of amides is 1. The number of hydrogen-bond donors (Lipinski definition) is 0. The van der Waals surface area contributed by atoms with E-state index in [9.17, 15) is 9.59 Å².